The van der Waals surface area contributed by atoms with Crippen molar-refractivity contribution >= 4 is 34.6 Å². The highest BCUT2D eigenvalue weighted by molar-refractivity contribution is 6.05. The molecule has 0 spiro atoms. The first-order valence-corrected chi connectivity index (χ1v) is 10.1. The number of amides is 2. The zero-order valence-corrected chi connectivity index (χ0v) is 17.2. The van der Waals surface area contributed by atoms with E-state index in [0.717, 1.165) is 25.9 Å². The Morgan fingerprint density at radius 2 is 1.63 bits per heavy atom. The Kier molecular flexibility index (Phi) is 6.66. The molecule has 2 amide bonds. The highest BCUT2D eigenvalue weighted by atomic mass is 16.6. The van der Waals surface area contributed by atoms with E-state index in [4.69, 9.17) is 0 Å². The van der Waals surface area contributed by atoms with Gasteiger partial charge in [0, 0.05) is 42.5 Å². The Hall–Kier alpha value is -3.42. The summed E-state index contributed by atoms with van der Waals surface area (Å²) in [4.78, 5) is 37.5. The van der Waals surface area contributed by atoms with Crippen molar-refractivity contribution in [1.29, 1.82) is 0 Å². The van der Waals surface area contributed by atoms with E-state index in [-0.39, 0.29) is 23.1 Å². The Morgan fingerprint density at radius 1 is 1.03 bits per heavy atom. The summed E-state index contributed by atoms with van der Waals surface area (Å²) in [6.07, 6.45) is 2.45. The van der Waals surface area contributed by atoms with Crippen molar-refractivity contribution in [1.82, 2.24) is 0 Å². The summed E-state index contributed by atoms with van der Waals surface area (Å²) in [5.41, 5.74) is 1.89. The molecule has 8 heteroatoms. The number of rotatable bonds is 7. The average Bonchev–Trinajstić information content (AvgIpc) is 3.23. The van der Waals surface area contributed by atoms with Crippen LogP contribution in [0.4, 0.5) is 22.7 Å². The number of carbonyl (C=O) groups excluding carboxylic acids is 2. The second kappa shape index (κ2) is 9.39. The quantitative estimate of drug-likeness (QED) is 0.519. The molecule has 0 atom stereocenters. The van der Waals surface area contributed by atoms with Gasteiger partial charge in [0.15, 0.2) is 0 Å². The maximum atomic E-state index is 12.6. The summed E-state index contributed by atoms with van der Waals surface area (Å²) in [5.74, 6) is -0.223. The third-order valence-corrected chi connectivity index (χ3v) is 4.90. The third-order valence-electron chi connectivity index (χ3n) is 4.90. The predicted molar refractivity (Wildman–Crippen MR) is 117 cm³/mol. The molecule has 1 aliphatic rings. The summed E-state index contributed by atoms with van der Waals surface area (Å²) >= 11 is 0. The molecule has 0 saturated carbocycles. The number of anilines is 3. The number of nitrogens with one attached hydrogen (secondary N) is 2. The van der Waals surface area contributed by atoms with E-state index in [1.165, 1.54) is 6.07 Å². The molecular weight excluding hydrogens is 384 g/mol. The molecule has 0 radical (unpaired) electrons. The van der Waals surface area contributed by atoms with E-state index in [9.17, 15) is 19.7 Å². The first-order chi connectivity index (χ1) is 14.3. The maximum absolute atomic E-state index is 12.6. The van der Waals surface area contributed by atoms with E-state index in [0.29, 0.717) is 23.5 Å². The van der Waals surface area contributed by atoms with Crippen LogP contribution in [-0.2, 0) is 4.79 Å². The highest BCUT2D eigenvalue weighted by Crippen LogP contribution is 2.32. The van der Waals surface area contributed by atoms with Crippen molar-refractivity contribution in [2.45, 2.75) is 33.1 Å². The number of carbonyl (C=O) groups is 2. The fraction of sp³-hybridized carbons (Fsp3) is 0.364. The second-order valence-corrected chi connectivity index (χ2v) is 7.83. The van der Waals surface area contributed by atoms with Gasteiger partial charge in [-0.15, -0.1) is 0 Å². The number of nitro benzene ring substituents is 1. The minimum Gasteiger partial charge on any atom is -0.366 e. The lowest BCUT2D eigenvalue weighted by Crippen LogP contribution is -2.19. The van der Waals surface area contributed by atoms with Gasteiger partial charge in [-0.3, -0.25) is 19.7 Å². The van der Waals surface area contributed by atoms with E-state index in [1.54, 1.807) is 36.4 Å². The zero-order chi connectivity index (χ0) is 21.7. The predicted octanol–water partition coefficient (Wildman–Crippen LogP) is 4.43. The molecule has 0 aliphatic carbocycles. The summed E-state index contributed by atoms with van der Waals surface area (Å²) in [6.45, 7) is 5.51. The monoisotopic (exact) mass is 410 g/mol. The van der Waals surface area contributed by atoms with Gasteiger partial charge in [-0.25, -0.2) is 0 Å². The summed E-state index contributed by atoms with van der Waals surface area (Å²) < 4.78 is 0. The molecule has 158 valence electrons. The Balaban J connectivity index is 1.69. The van der Waals surface area contributed by atoms with E-state index < -0.39 is 10.8 Å². The van der Waals surface area contributed by atoms with Crippen LogP contribution in [0.1, 0.15) is 43.5 Å². The highest BCUT2D eigenvalue weighted by Gasteiger charge is 2.23. The fourth-order valence-corrected chi connectivity index (χ4v) is 3.46. The van der Waals surface area contributed by atoms with Crippen LogP contribution in [0.3, 0.4) is 0 Å². The largest absolute Gasteiger partial charge is 0.366 e. The minimum absolute atomic E-state index is 0.0623. The molecule has 1 aliphatic heterocycles. The van der Waals surface area contributed by atoms with Gasteiger partial charge in [0.05, 0.1) is 4.92 Å². The van der Waals surface area contributed by atoms with Gasteiger partial charge < -0.3 is 15.5 Å². The average molecular weight is 410 g/mol. The van der Waals surface area contributed by atoms with Crippen molar-refractivity contribution in [3.63, 3.8) is 0 Å². The molecule has 2 N–H and O–H groups in total. The summed E-state index contributed by atoms with van der Waals surface area (Å²) in [7, 11) is 0. The van der Waals surface area contributed by atoms with E-state index in [1.807, 2.05) is 18.7 Å². The fourth-order valence-electron chi connectivity index (χ4n) is 3.46. The van der Waals surface area contributed by atoms with Gasteiger partial charge >= 0.3 is 0 Å². The Labute approximate surface area is 175 Å². The number of benzene rings is 2. The van der Waals surface area contributed by atoms with Crippen molar-refractivity contribution in [2.24, 2.45) is 5.92 Å². The second-order valence-electron chi connectivity index (χ2n) is 7.83. The van der Waals surface area contributed by atoms with Crippen molar-refractivity contribution in [3.05, 3.63) is 58.1 Å². The molecule has 2 aromatic rings. The van der Waals surface area contributed by atoms with Crippen LogP contribution in [-0.4, -0.2) is 29.8 Å². The first-order valence-electron chi connectivity index (χ1n) is 10.1. The normalized spacial score (nSPS) is 13.4. The van der Waals surface area contributed by atoms with Gasteiger partial charge in [0.25, 0.3) is 11.6 Å². The van der Waals surface area contributed by atoms with Crippen molar-refractivity contribution in [3.8, 4) is 0 Å². The molecule has 8 nitrogen and oxygen atoms in total. The molecule has 1 saturated heterocycles. The van der Waals surface area contributed by atoms with Gasteiger partial charge in [-0.2, -0.15) is 0 Å². The maximum Gasteiger partial charge on any atom is 0.293 e. The van der Waals surface area contributed by atoms with Crippen LogP contribution in [0.5, 0.6) is 0 Å². The lowest BCUT2D eigenvalue weighted by atomic mass is 10.1. The van der Waals surface area contributed by atoms with Crippen LogP contribution in [0.2, 0.25) is 0 Å². The van der Waals surface area contributed by atoms with Crippen LogP contribution >= 0.6 is 0 Å². The third kappa shape index (κ3) is 5.34. The minimum atomic E-state index is -0.445. The molecule has 0 unspecified atom stereocenters. The summed E-state index contributed by atoms with van der Waals surface area (Å²) in [5, 5.41) is 17.1. The Morgan fingerprint density at radius 3 is 2.20 bits per heavy atom. The van der Waals surface area contributed by atoms with Gasteiger partial charge in [0.2, 0.25) is 5.91 Å². The SMILES string of the molecule is CC(C)CC(=O)Nc1ccc(NC(=O)c2ccc(N3CCCC3)c([N+](=O)[O-])c2)cc1. The van der Waals surface area contributed by atoms with Crippen LogP contribution < -0.4 is 15.5 Å². The molecule has 2 aromatic carbocycles. The van der Waals surface area contributed by atoms with Gasteiger partial charge in [-0.1, -0.05) is 13.8 Å². The smallest absolute Gasteiger partial charge is 0.293 e. The number of nitro groups is 1. The first kappa shape index (κ1) is 21.3. The topological polar surface area (TPSA) is 105 Å². The van der Waals surface area contributed by atoms with Crippen LogP contribution in [0, 0.1) is 16.0 Å². The van der Waals surface area contributed by atoms with E-state index >= 15 is 0 Å². The lowest BCUT2D eigenvalue weighted by molar-refractivity contribution is -0.384. The van der Waals surface area contributed by atoms with Crippen LogP contribution in [0.25, 0.3) is 0 Å². The van der Waals surface area contributed by atoms with Gasteiger partial charge in [0.1, 0.15) is 5.69 Å². The molecule has 1 fully saturated rings. The molecule has 0 aromatic heterocycles. The molecule has 1 heterocycles. The standard InChI is InChI=1S/C22H26N4O4/c1-15(2)13-21(27)23-17-6-8-18(9-7-17)24-22(28)16-5-10-19(20(14-16)26(29)30)25-11-3-4-12-25/h5-10,14-15H,3-4,11-13H2,1-2H3,(H,23,27)(H,24,28). The number of hydrogen-bond acceptors (Lipinski definition) is 5. The zero-order valence-electron chi connectivity index (χ0n) is 17.2. The number of hydrogen-bond donors (Lipinski definition) is 2. The molecule has 3 rings (SSSR count). The molecule has 30 heavy (non-hydrogen) atoms. The Bertz CT molecular complexity index is 935. The lowest BCUT2D eigenvalue weighted by Gasteiger charge is -2.17. The van der Waals surface area contributed by atoms with Crippen LogP contribution in [0.15, 0.2) is 42.5 Å². The van der Waals surface area contributed by atoms with Crippen molar-refractivity contribution in [2.75, 3.05) is 28.6 Å². The number of nitrogens with zero attached hydrogens (tertiary/aromatic N) is 2. The molecule has 0 bridgehead atoms. The van der Waals surface area contributed by atoms with Gasteiger partial charge in [-0.05, 0) is 55.2 Å². The van der Waals surface area contributed by atoms with Crippen molar-refractivity contribution < 1.29 is 14.5 Å². The molecular formula is C22H26N4O4. The van der Waals surface area contributed by atoms with E-state index in [2.05, 4.69) is 10.6 Å². The summed E-state index contributed by atoms with van der Waals surface area (Å²) in [6, 6.07) is 11.3.